The fraction of sp³-hybridized carbons (Fsp3) is 0.200. The Morgan fingerprint density at radius 1 is 1.29 bits per heavy atom. The molecule has 1 aromatic carbocycles. The van der Waals surface area contributed by atoms with E-state index in [1.54, 1.807) is 0 Å². The Hall–Kier alpha value is -0.890. The molecular weight excluding hydrogens is 193 g/mol. The molecule has 0 aliphatic carbocycles. The molecule has 0 fully saturated rings. The van der Waals surface area contributed by atoms with Crippen molar-refractivity contribution in [2.45, 2.75) is 6.16 Å². The van der Waals surface area contributed by atoms with Gasteiger partial charge in [0.05, 0.1) is 0 Å². The summed E-state index contributed by atoms with van der Waals surface area (Å²) in [5, 5.41) is 1.26. The third-order valence-corrected chi connectivity index (χ3v) is 3.50. The van der Waals surface area contributed by atoms with Gasteiger partial charge in [-0.2, -0.15) is 0 Å². The van der Waals surface area contributed by atoms with Crippen LogP contribution in [0.25, 0.3) is 10.9 Å². The molecule has 0 radical (unpaired) electrons. The second kappa shape index (κ2) is 4.09. The minimum atomic E-state index is -0.544. The van der Waals surface area contributed by atoms with E-state index in [1.807, 2.05) is 18.3 Å². The van der Waals surface area contributed by atoms with Crippen molar-refractivity contribution in [3.05, 3.63) is 36.0 Å². The molecule has 0 saturated carbocycles. The van der Waals surface area contributed by atoms with Crippen LogP contribution in [0.1, 0.15) is 5.56 Å². The molecule has 1 aromatic heterocycles. The third-order valence-electron chi connectivity index (χ3n) is 2.28. The standard InChI is InChI=1S/C10H14N3P/c11-7-14(12)6-8-5-13-10-4-2-1-3-9(8)10/h1-5,13H,6-7,11-12H2. The highest BCUT2D eigenvalue weighted by Crippen LogP contribution is 2.31. The van der Waals surface area contributed by atoms with E-state index < -0.39 is 8.07 Å². The van der Waals surface area contributed by atoms with Gasteiger partial charge >= 0.3 is 0 Å². The maximum Gasteiger partial charge on any atom is 0.0456 e. The zero-order valence-corrected chi connectivity index (χ0v) is 8.80. The molecule has 0 spiro atoms. The number of nitrogens with one attached hydrogen (secondary N) is 1. The van der Waals surface area contributed by atoms with Gasteiger partial charge in [0.25, 0.3) is 0 Å². The first-order valence-corrected chi connectivity index (χ1v) is 6.34. The number of hydrogen-bond acceptors (Lipinski definition) is 2. The maximum atomic E-state index is 5.88. The number of hydrogen-bond donors (Lipinski definition) is 3. The lowest BCUT2D eigenvalue weighted by Crippen LogP contribution is -2.04. The molecule has 2 rings (SSSR count). The quantitative estimate of drug-likeness (QED) is 0.673. The Morgan fingerprint density at radius 3 is 2.86 bits per heavy atom. The molecule has 4 heteroatoms. The predicted molar refractivity (Wildman–Crippen MR) is 62.2 cm³/mol. The molecular formula is C10H14N3P. The first-order valence-electron chi connectivity index (χ1n) is 4.56. The van der Waals surface area contributed by atoms with Gasteiger partial charge in [-0.05, 0) is 19.7 Å². The summed E-state index contributed by atoms with van der Waals surface area (Å²) in [7, 11) is -0.544. The van der Waals surface area contributed by atoms with Gasteiger partial charge in [-0.3, -0.25) is 0 Å². The lowest BCUT2D eigenvalue weighted by atomic mass is 10.2. The topological polar surface area (TPSA) is 67.8 Å². The van der Waals surface area contributed by atoms with Gasteiger partial charge in [0.15, 0.2) is 0 Å². The van der Waals surface area contributed by atoms with E-state index in [0.29, 0.717) is 6.29 Å². The van der Waals surface area contributed by atoms with E-state index in [9.17, 15) is 0 Å². The maximum absolute atomic E-state index is 5.88. The van der Waals surface area contributed by atoms with Crippen LogP contribution in [0.2, 0.25) is 0 Å². The van der Waals surface area contributed by atoms with Gasteiger partial charge in [-0.25, -0.2) is 0 Å². The largest absolute Gasteiger partial charge is 0.361 e. The second-order valence-corrected chi connectivity index (χ2v) is 5.15. The number of H-pyrrole nitrogens is 1. The van der Waals surface area contributed by atoms with E-state index in [2.05, 4.69) is 17.1 Å². The van der Waals surface area contributed by atoms with Gasteiger partial charge in [-0.15, -0.1) is 0 Å². The first kappa shape index (κ1) is 9.66. The van der Waals surface area contributed by atoms with Crippen LogP contribution < -0.4 is 11.2 Å². The monoisotopic (exact) mass is 207 g/mol. The van der Waals surface area contributed by atoms with Crippen molar-refractivity contribution in [2.24, 2.45) is 11.2 Å². The molecule has 1 heterocycles. The number of aromatic nitrogens is 1. The molecule has 0 bridgehead atoms. The predicted octanol–water partition coefficient (Wildman–Crippen LogP) is 1.94. The molecule has 0 aliphatic heterocycles. The van der Waals surface area contributed by atoms with Crippen LogP contribution in [-0.2, 0) is 6.16 Å². The summed E-state index contributed by atoms with van der Waals surface area (Å²) < 4.78 is 0. The summed E-state index contributed by atoms with van der Waals surface area (Å²) in [4.78, 5) is 3.23. The minimum Gasteiger partial charge on any atom is -0.361 e. The number of nitrogens with two attached hydrogens (primary N) is 2. The summed E-state index contributed by atoms with van der Waals surface area (Å²) in [5.74, 6) is 0. The van der Waals surface area contributed by atoms with Gasteiger partial charge < -0.3 is 16.2 Å². The van der Waals surface area contributed by atoms with E-state index in [4.69, 9.17) is 11.2 Å². The minimum absolute atomic E-state index is 0.544. The van der Waals surface area contributed by atoms with Gasteiger partial charge in [0.1, 0.15) is 0 Å². The zero-order valence-electron chi connectivity index (χ0n) is 7.90. The Morgan fingerprint density at radius 2 is 2.07 bits per heavy atom. The molecule has 5 N–H and O–H groups in total. The van der Waals surface area contributed by atoms with Crippen LogP contribution in [0.5, 0.6) is 0 Å². The lowest BCUT2D eigenvalue weighted by Gasteiger charge is -2.06. The fourth-order valence-electron chi connectivity index (χ4n) is 1.55. The van der Waals surface area contributed by atoms with Crippen molar-refractivity contribution in [1.82, 2.24) is 4.98 Å². The average Bonchev–Trinajstić information content (AvgIpc) is 2.62. The normalized spacial score (nSPS) is 13.3. The SMILES string of the molecule is NCP(N)Cc1c[nH]c2ccccc12. The molecule has 2 aromatic rings. The number of fused-ring (bicyclic) bond motifs is 1. The number of rotatable bonds is 3. The summed E-state index contributed by atoms with van der Waals surface area (Å²) in [6.45, 7) is 0. The Labute approximate surface area is 84.3 Å². The Kier molecular flexibility index (Phi) is 2.82. The summed E-state index contributed by atoms with van der Waals surface area (Å²) >= 11 is 0. The van der Waals surface area contributed by atoms with Crippen LogP contribution in [0, 0.1) is 0 Å². The fourth-order valence-corrected chi connectivity index (χ4v) is 2.37. The average molecular weight is 207 g/mol. The van der Waals surface area contributed by atoms with E-state index in [1.165, 1.54) is 16.5 Å². The van der Waals surface area contributed by atoms with Crippen LogP contribution in [-0.4, -0.2) is 11.3 Å². The van der Waals surface area contributed by atoms with Crippen molar-refractivity contribution >= 4 is 19.0 Å². The highest BCUT2D eigenvalue weighted by molar-refractivity contribution is 7.54. The molecule has 0 saturated heterocycles. The van der Waals surface area contributed by atoms with E-state index in [-0.39, 0.29) is 0 Å². The lowest BCUT2D eigenvalue weighted by molar-refractivity contribution is 1.30. The van der Waals surface area contributed by atoms with Crippen LogP contribution in [0.4, 0.5) is 0 Å². The van der Waals surface area contributed by atoms with Gasteiger partial charge in [0, 0.05) is 29.5 Å². The molecule has 14 heavy (non-hydrogen) atoms. The molecule has 1 unspecified atom stereocenters. The highest BCUT2D eigenvalue weighted by atomic mass is 31.1. The van der Waals surface area contributed by atoms with Crippen molar-refractivity contribution in [3.63, 3.8) is 0 Å². The second-order valence-electron chi connectivity index (χ2n) is 3.29. The summed E-state index contributed by atoms with van der Waals surface area (Å²) in [5.41, 5.74) is 13.9. The third kappa shape index (κ3) is 1.80. The highest BCUT2D eigenvalue weighted by Gasteiger charge is 2.06. The van der Waals surface area contributed by atoms with E-state index in [0.717, 1.165) is 6.16 Å². The van der Waals surface area contributed by atoms with Gasteiger partial charge in [-0.1, -0.05) is 18.2 Å². The molecule has 1 atom stereocenters. The number of benzene rings is 1. The Balaban J connectivity index is 2.33. The number of aromatic amines is 1. The van der Waals surface area contributed by atoms with Crippen LogP contribution in [0.3, 0.4) is 0 Å². The van der Waals surface area contributed by atoms with Crippen molar-refractivity contribution in [1.29, 1.82) is 0 Å². The molecule has 0 aliphatic rings. The molecule has 74 valence electrons. The van der Waals surface area contributed by atoms with Crippen molar-refractivity contribution in [3.8, 4) is 0 Å². The van der Waals surface area contributed by atoms with Crippen molar-refractivity contribution < 1.29 is 0 Å². The van der Waals surface area contributed by atoms with E-state index >= 15 is 0 Å². The molecule has 3 nitrogen and oxygen atoms in total. The summed E-state index contributed by atoms with van der Waals surface area (Å²) in [6.07, 6.45) is 3.52. The Bertz CT molecular complexity index is 424. The zero-order chi connectivity index (χ0) is 9.97. The van der Waals surface area contributed by atoms with Crippen LogP contribution in [0.15, 0.2) is 30.5 Å². The van der Waals surface area contributed by atoms with Crippen LogP contribution >= 0.6 is 8.07 Å². The smallest absolute Gasteiger partial charge is 0.0456 e. The molecule has 0 amide bonds. The van der Waals surface area contributed by atoms with Gasteiger partial charge in [0.2, 0.25) is 0 Å². The summed E-state index contributed by atoms with van der Waals surface area (Å²) in [6, 6.07) is 8.25. The first-order chi connectivity index (χ1) is 6.81. The number of para-hydroxylation sites is 1. The van der Waals surface area contributed by atoms with Crippen molar-refractivity contribution in [2.75, 3.05) is 6.29 Å².